The van der Waals surface area contributed by atoms with Crippen molar-refractivity contribution in [2.24, 2.45) is 5.73 Å². The zero-order chi connectivity index (χ0) is 90.1. The Hall–Kier alpha value is -14.5. The molecular weight excluding hydrogens is 1700 g/mol. The maximum Gasteiger partial charge on any atom is 0.330 e. The van der Waals surface area contributed by atoms with E-state index in [4.69, 9.17) is 45.3 Å². The van der Waals surface area contributed by atoms with Crippen molar-refractivity contribution in [3.05, 3.63) is 275 Å². The van der Waals surface area contributed by atoms with Gasteiger partial charge in [0.25, 0.3) is 0 Å². The van der Waals surface area contributed by atoms with E-state index < -0.39 is 29.3 Å². The second-order valence-electron chi connectivity index (χ2n) is 30.4. The van der Waals surface area contributed by atoms with Crippen LogP contribution in [0.2, 0.25) is 15.1 Å². The highest BCUT2D eigenvalue weighted by atomic mass is 35.5. The highest BCUT2D eigenvalue weighted by molar-refractivity contribution is 6.36. The number of aromatic nitrogens is 10. The minimum Gasteiger partial charge on any atom is -0.463 e. The number of hydrogen-bond donors (Lipinski definition) is 3. The lowest BCUT2D eigenvalue weighted by molar-refractivity contribution is -0.137. The fraction of sp³-hybridized carbons (Fsp3) is 0.211. The predicted octanol–water partition coefficient (Wildman–Crippen LogP) is 14.9. The number of rotatable bonds is 15. The molecule has 27 nitrogen and oxygen atoms in total. The van der Waals surface area contributed by atoms with Gasteiger partial charge in [-0.1, -0.05) is 97.0 Å². The van der Waals surface area contributed by atoms with Crippen LogP contribution in [0.3, 0.4) is 0 Å². The van der Waals surface area contributed by atoms with Crippen molar-refractivity contribution in [1.82, 2.24) is 69.7 Å². The first-order valence-electron chi connectivity index (χ1n) is 41.1. The van der Waals surface area contributed by atoms with Crippen LogP contribution in [0, 0.1) is 31.3 Å². The van der Waals surface area contributed by atoms with Gasteiger partial charge >= 0.3 is 5.97 Å². The summed E-state index contributed by atoms with van der Waals surface area (Å²) in [6, 6.07) is 38.1. The molecule has 8 aromatic carbocycles. The predicted molar refractivity (Wildman–Crippen MR) is 494 cm³/mol. The molecule has 4 aliphatic heterocycles. The fourth-order valence-corrected chi connectivity index (χ4v) is 17.2. The van der Waals surface area contributed by atoms with E-state index in [2.05, 4.69) is 123 Å². The Kier molecular flexibility index (Phi) is 26.9. The summed E-state index contributed by atoms with van der Waals surface area (Å²) in [5.74, 6) is -1.44. The molecule has 4 aliphatic rings. The molecule has 0 saturated carbocycles. The number of aromatic amines is 2. The summed E-state index contributed by atoms with van der Waals surface area (Å²) in [5, 5.41) is 13.4. The average molecular weight is 1780 g/mol. The zero-order valence-corrected chi connectivity index (χ0v) is 72.2. The largest absolute Gasteiger partial charge is 0.463 e. The van der Waals surface area contributed by atoms with Gasteiger partial charge in [0.2, 0.25) is 35.1 Å². The monoisotopic (exact) mass is 1780 g/mol. The molecule has 0 spiro atoms. The van der Waals surface area contributed by atoms with Crippen LogP contribution in [-0.4, -0.2) is 216 Å². The molecule has 4 fully saturated rings. The number of carbonyl (C=O) groups is 6. The Labute approximate surface area is 747 Å². The summed E-state index contributed by atoms with van der Waals surface area (Å²) in [6.07, 6.45) is 14.4. The molecule has 0 aliphatic carbocycles. The van der Waals surface area contributed by atoms with Crippen molar-refractivity contribution in [3.63, 3.8) is 0 Å². The van der Waals surface area contributed by atoms with Crippen molar-refractivity contribution < 1.29 is 46.7 Å². The van der Waals surface area contributed by atoms with Crippen molar-refractivity contribution in [1.29, 1.82) is 0 Å². The number of anilines is 4. The third-order valence-corrected chi connectivity index (χ3v) is 23.8. The van der Waals surface area contributed by atoms with Gasteiger partial charge in [0, 0.05) is 211 Å². The van der Waals surface area contributed by atoms with Gasteiger partial charge < -0.3 is 54.7 Å². The molecule has 0 bridgehead atoms. The topological polar surface area (TPSA) is 315 Å². The zero-order valence-electron chi connectivity index (χ0n) is 69.9. The van der Waals surface area contributed by atoms with E-state index in [0.717, 1.165) is 108 Å². The number of piperazine rings is 4. The molecule has 33 heteroatoms. The van der Waals surface area contributed by atoms with Gasteiger partial charge in [-0.2, -0.15) is 5.10 Å². The van der Waals surface area contributed by atoms with Crippen LogP contribution >= 0.6 is 34.8 Å². The van der Waals surface area contributed by atoms with Gasteiger partial charge in [0.15, 0.2) is 5.82 Å². The number of H-pyrrole nitrogens is 2. The van der Waals surface area contributed by atoms with Gasteiger partial charge in [0.05, 0.1) is 45.4 Å². The van der Waals surface area contributed by atoms with Crippen molar-refractivity contribution in [3.8, 4) is 44.5 Å². The number of esters is 1. The van der Waals surface area contributed by atoms with Gasteiger partial charge in [0.1, 0.15) is 53.6 Å². The summed E-state index contributed by atoms with van der Waals surface area (Å²) in [6.45, 7) is 26.3. The quantitative estimate of drug-likeness (QED) is 0.0634. The molecular formula is C95H85Cl3F3N19O8. The lowest BCUT2D eigenvalue weighted by Crippen LogP contribution is -2.48. The Bertz CT molecular complexity index is 6840. The first-order valence-corrected chi connectivity index (χ1v) is 42.2. The number of fused-ring (bicyclic) bond motifs is 6. The minimum absolute atomic E-state index is 0.0172. The van der Waals surface area contributed by atoms with Gasteiger partial charge in [-0.15, -0.1) is 0 Å². The molecule has 5 amide bonds. The van der Waals surface area contributed by atoms with E-state index in [9.17, 15) is 42.3 Å². The van der Waals surface area contributed by atoms with Crippen molar-refractivity contribution >= 4 is 159 Å². The van der Waals surface area contributed by atoms with Crippen LogP contribution in [0.25, 0.3) is 110 Å². The van der Waals surface area contributed by atoms with Crippen molar-refractivity contribution in [2.75, 3.05) is 131 Å². The number of amides is 5. The number of primary amides is 1. The number of para-hydroxylation sites is 1. The number of aryl methyl sites for hydroxylation is 2. The molecule has 10 heterocycles. The number of carbonyl (C=O) groups excluding carboxylic acids is 6. The number of nitrogens with one attached hydrogen (secondary N) is 2. The Morgan fingerprint density at radius 1 is 0.477 bits per heavy atom. The number of ether oxygens (including phenoxy) is 1. The van der Waals surface area contributed by atoms with E-state index in [0.29, 0.717) is 130 Å². The van der Waals surface area contributed by atoms with Crippen LogP contribution < -0.4 is 30.9 Å². The fourth-order valence-electron chi connectivity index (χ4n) is 16.4. The first kappa shape index (κ1) is 88.4. The van der Waals surface area contributed by atoms with Crippen LogP contribution in [0.4, 0.5) is 36.3 Å². The number of pyridine rings is 2. The number of benzene rings is 8. The number of halogens is 6. The standard InChI is InChI=1S/C25H22ClF2N3O3.C24H20ClN5O2.C24H24N6O.C22H19ClFN5O2/c1-2-34-25(33)6-5-24(32)31-11-9-30(10-12-31)23-7-8-29-22-15-18(20(26)14-19(22)23)17-4-3-16(27)13-21(17)28;1-2-22(32)29-8-10-30(11-9-29)24-18-12-19(25)17(13-20(18)26-14-27-24)16-5-3-4-15-6-7-21(31)28-23(15)16;1-4-22(31)29-7-9-30(10-8-29)24-18-11-16(3)17(12-21(18)25-14-26-24)23-15(2)5-6-20-19(23)13-27-28-20;1-2-17(30)28-7-9-29(10-8-28)22-15-11-16(23)18(19(24)20(15)26-12-27-22)13-5-3-4-6-14(13)21(25)31/h3-8,13-15H,2,9-12H2,1H3;2-7,12-14H,1,8-11H2,(H,28,31);4-6,11-14H,1,7-10H2,2-3H3,(H,27,28);2-6,11-12H,1,7-10H2,(H2,25,31)/b6-5+;;;. The lowest BCUT2D eigenvalue weighted by Gasteiger charge is -2.36. The van der Waals surface area contributed by atoms with E-state index in [-0.39, 0.29) is 63.0 Å². The highest BCUT2D eigenvalue weighted by Crippen LogP contribution is 2.43. The number of nitrogens with zero attached hydrogens (tertiary/aromatic N) is 16. The van der Waals surface area contributed by atoms with E-state index in [1.165, 1.54) is 71.6 Å². The first-order chi connectivity index (χ1) is 61.9. The molecule has 128 heavy (non-hydrogen) atoms. The van der Waals surface area contributed by atoms with Crippen LogP contribution in [0.15, 0.2) is 220 Å². The van der Waals surface area contributed by atoms with Crippen LogP contribution in [-0.2, 0) is 28.7 Å². The normalized spacial score (nSPS) is 14.2. The Balaban J connectivity index is 0.000000131. The molecule has 4 saturated heterocycles. The molecule has 4 N–H and O–H groups in total. The maximum absolute atomic E-state index is 15.6. The second-order valence-corrected chi connectivity index (χ2v) is 31.6. The molecule has 14 aromatic rings. The summed E-state index contributed by atoms with van der Waals surface area (Å²) in [5.41, 5.74) is 17.8. The molecule has 0 radical (unpaired) electrons. The van der Waals surface area contributed by atoms with E-state index in [1.807, 2.05) is 52.4 Å². The lowest BCUT2D eigenvalue weighted by atomic mass is 9.92. The van der Waals surface area contributed by atoms with E-state index >= 15 is 4.39 Å². The molecule has 0 unspecified atom stereocenters. The van der Waals surface area contributed by atoms with Gasteiger partial charge in [-0.05, 0) is 151 Å². The Morgan fingerprint density at radius 3 is 1.59 bits per heavy atom. The SMILES string of the molecule is C=CC(=O)N1CCN(c2ncnc3c(F)c(-c4ccccc4C(N)=O)c(Cl)cc23)CC1.C=CC(=O)N1CCN(c2ncnc3cc(-c4c(C)ccc5[nH]ncc45)c(C)cc23)CC1.C=CC(=O)N1CCN(c2ncnc3cc(-c4cccc5ccc(=O)[nH]c45)c(Cl)cc23)CC1.CCOC(=O)/C=C/C(=O)N1CCN(c2ccnc3cc(-c4ccc(F)cc4F)c(Cl)cc23)CC1. The third kappa shape index (κ3) is 18.7. The van der Waals surface area contributed by atoms with Crippen LogP contribution in [0.1, 0.15) is 28.4 Å². The molecule has 6 aromatic heterocycles. The van der Waals surface area contributed by atoms with Crippen molar-refractivity contribution in [2.45, 2.75) is 20.8 Å². The molecule has 650 valence electrons. The summed E-state index contributed by atoms with van der Waals surface area (Å²) < 4.78 is 48.1. The summed E-state index contributed by atoms with van der Waals surface area (Å²) in [4.78, 5) is 133. The van der Waals surface area contributed by atoms with Gasteiger partial charge in [-0.25, -0.2) is 47.9 Å². The maximum atomic E-state index is 15.6. The second kappa shape index (κ2) is 39.0. The number of hydrogen-bond acceptors (Lipinski definition) is 20. The summed E-state index contributed by atoms with van der Waals surface area (Å²) in [7, 11) is 0. The smallest absolute Gasteiger partial charge is 0.330 e. The third-order valence-electron chi connectivity index (χ3n) is 22.9. The average Bonchev–Trinajstić information content (AvgIpc) is 1.61. The molecule has 0 atom stereocenters. The van der Waals surface area contributed by atoms with Gasteiger partial charge in [-0.3, -0.25) is 38.8 Å². The summed E-state index contributed by atoms with van der Waals surface area (Å²) >= 11 is 19.7. The Morgan fingerprint density at radius 2 is 1.00 bits per heavy atom. The number of nitrogens with two attached hydrogens (primary N) is 1. The minimum atomic E-state index is -0.699. The van der Waals surface area contributed by atoms with Crippen LogP contribution in [0.5, 0.6) is 0 Å². The molecule has 18 rings (SSSR count). The van der Waals surface area contributed by atoms with E-state index in [1.54, 1.807) is 82.9 Å². The highest BCUT2D eigenvalue weighted by Gasteiger charge is 2.30.